The third-order valence-corrected chi connectivity index (χ3v) is 9.29. The van der Waals surface area contributed by atoms with Gasteiger partial charge >= 0.3 is 6.09 Å². The summed E-state index contributed by atoms with van der Waals surface area (Å²) in [5.74, 6) is -1.59. The molecule has 2 fully saturated rings. The predicted octanol–water partition coefficient (Wildman–Crippen LogP) is 4.77. The molecule has 272 valence electrons. The number of aryl methyl sites for hydroxylation is 1. The molecule has 1 unspecified atom stereocenters. The second-order valence-corrected chi connectivity index (χ2v) is 14.8. The number of alkyl halides is 1. The summed E-state index contributed by atoms with van der Waals surface area (Å²) in [5, 5.41) is 21.7. The number of hydrogen-bond donors (Lipinski definition) is 2. The fourth-order valence-corrected chi connectivity index (χ4v) is 6.46. The maximum Gasteiger partial charge on any atom is 0.410 e. The number of likely N-dealkylation sites (tertiary alicyclic amines) is 2. The van der Waals surface area contributed by atoms with Crippen molar-refractivity contribution in [1.82, 2.24) is 30.1 Å². The van der Waals surface area contributed by atoms with E-state index in [0.717, 1.165) is 16.8 Å². The molecule has 4 heterocycles. The van der Waals surface area contributed by atoms with E-state index in [1.807, 2.05) is 58.2 Å². The highest BCUT2D eigenvalue weighted by Gasteiger charge is 2.44. The van der Waals surface area contributed by atoms with E-state index in [-0.39, 0.29) is 80.9 Å². The van der Waals surface area contributed by atoms with Crippen LogP contribution in [0.25, 0.3) is 11.3 Å². The van der Waals surface area contributed by atoms with Crippen LogP contribution in [0.15, 0.2) is 47.1 Å². The summed E-state index contributed by atoms with van der Waals surface area (Å²) in [6.45, 7) is 11.0. The Bertz CT molecular complexity index is 1640. The maximum atomic E-state index is 15.6. The number of halogens is 1. The van der Waals surface area contributed by atoms with E-state index in [1.165, 1.54) is 15.9 Å². The third-order valence-electron chi connectivity index (χ3n) is 9.29. The van der Waals surface area contributed by atoms with Gasteiger partial charge in [-0.15, -0.1) is 0 Å². The molecule has 0 radical (unpaired) electrons. The second kappa shape index (κ2) is 14.8. The summed E-state index contributed by atoms with van der Waals surface area (Å²) in [7, 11) is 1.87. The highest BCUT2D eigenvalue weighted by atomic mass is 19.1. The van der Waals surface area contributed by atoms with Crippen molar-refractivity contribution in [2.24, 2.45) is 13.0 Å². The first-order chi connectivity index (χ1) is 23.5. The summed E-state index contributed by atoms with van der Waals surface area (Å²) < 4.78 is 34.0. The minimum Gasteiger partial charge on any atom is -0.472 e. The van der Waals surface area contributed by atoms with E-state index in [0.29, 0.717) is 0 Å². The number of amides is 3. The molecule has 50 heavy (non-hydrogen) atoms. The molecule has 3 aromatic rings. The summed E-state index contributed by atoms with van der Waals surface area (Å²) in [6, 6.07) is 9.98. The summed E-state index contributed by atoms with van der Waals surface area (Å²) in [4.78, 5) is 42.8. The van der Waals surface area contributed by atoms with Gasteiger partial charge in [-0.1, -0.05) is 38.1 Å². The van der Waals surface area contributed by atoms with Crippen LogP contribution in [-0.2, 0) is 21.4 Å². The van der Waals surface area contributed by atoms with Crippen molar-refractivity contribution in [3.63, 3.8) is 0 Å². The molecule has 13 nitrogen and oxygen atoms in total. The highest BCUT2D eigenvalue weighted by Crippen LogP contribution is 2.34. The van der Waals surface area contributed by atoms with Gasteiger partial charge < -0.3 is 34.2 Å². The lowest BCUT2D eigenvalue weighted by atomic mass is 9.91. The molecule has 0 aliphatic carbocycles. The Morgan fingerprint density at radius 1 is 1.12 bits per heavy atom. The van der Waals surface area contributed by atoms with Gasteiger partial charge in [-0.3, -0.25) is 14.3 Å². The van der Waals surface area contributed by atoms with E-state index in [9.17, 15) is 19.5 Å². The maximum absolute atomic E-state index is 15.6. The standard InChI is InChI=1S/C36H49FN6O7/c1-22(2)31(29-19-30(40-50-29)48-21-36(37)13-16-42(17-14-36)34(47)49-35(4,5)6)33(46)43-20-26(44)18-28(43)32(45)39-23(3)24-8-10-25(11-9-24)27-12-15-38-41(27)7/h8-12,15,19,22-23,26,28,31,44H,13-14,16-18,20-21H2,1-7H3,(H,39,45)/t23-,26+,28-,31?/m0/s1. The van der Waals surface area contributed by atoms with Crippen molar-refractivity contribution in [1.29, 1.82) is 0 Å². The number of carbonyl (C=O) groups excluding carboxylic acids is 3. The molecule has 4 atom stereocenters. The molecule has 2 aliphatic heterocycles. The molecular formula is C36H49FN6O7. The van der Waals surface area contributed by atoms with Gasteiger partial charge in [-0.05, 0) is 56.0 Å². The van der Waals surface area contributed by atoms with Crippen LogP contribution >= 0.6 is 0 Å². The van der Waals surface area contributed by atoms with Crippen molar-refractivity contribution in [3.05, 3.63) is 53.9 Å². The van der Waals surface area contributed by atoms with Crippen LogP contribution in [0.5, 0.6) is 5.88 Å². The fourth-order valence-electron chi connectivity index (χ4n) is 6.46. The molecule has 2 aromatic heterocycles. The van der Waals surface area contributed by atoms with Gasteiger partial charge in [0.05, 0.1) is 17.8 Å². The Hall–Kier alpha value is -4.46. The molecule has 2 aliphatic rings. The molecule has 2 N–H and O–H groups in total. The number of β-amino-alcohol motifs (C(OH)–C–C–N with tert-alkyl or cyclic N) is 1. The third kappa shape index (κ3) is 8.63. The van der Waals surface area contributed by atoms with Gasteiger partial charge in [0, 0.05) is 58.2 Å². The molecule has 5 rings (SSSR count). The van der Waals surface area contributed by atoms with Crippen molar-refractivity contribution in [3.8, 4) is 17.1 Å². The van der Waals surface area contributed by atoms with Gasteiger partial charge in [0.2, 0.25) is 11.8 Å². The number of aromatic nitrogens is 3. The summed E-state index contributed by atoms with van der Waals surface area (Å²) in [5.41, 5.74) is 0.526. The van der Waals surface area contributed by atoms with Gasteiger partial charge in [0.1, 0.15) is 29.8 Å². The van der Waals surface area contributed by atoms with Crippen LogP contribution in [0.4, 0.5) is 9.18 Å². The number of piperidine rings is 1. The van der Waals surface area contributed by atoms with Gasteiger partial charge in [-0.2, -0.15) is 5.10 Å². The number of nitrogens with one attached hydrogen (secondary N) is 1. The van der Waals surface area contributed by atoms with Gasteiger partial charge in [-0.25, -0.2) is 9.18 Å². The van der Waals surface area contributed by atoms with E-state index < -0.39 is 35.4 Å². The summed E-state index contributed by atoms with van der Waals surface area (Å²) in [6.07, 6.45) is 0.630. The number of carbonyl (C=O) groups is 3. The van der Waals surface area contributed by atoms with E-state index in [2.05, 4.69) is 15.6 Å². The zero-order valence-electron chi connectivity index (χ0n) is 29.9. The number of aliphatic hydroxyl groups is 1. The minimum absolute atomic E-state index is 0.00387. The Balaban J connectivity index is 1.19. The molecular weight excluding hydrogens is 647 g/mol. The van der Waals surface area contributed by atoms with Crippen LogP contribution < -0.4 is 10.1 Å². The average Bonchev–Trinajstić information content (AvgIpc) is 3.79. The molecule has 14 heteroatoms. The molecule has 0 spiro atoms. The fraction of sp³-hybridized carbons (Fsp3) is 0.583. The SMILES string of the molecule is CC(C)C(C(=O)N1C[C@H](O)C[C@H]1C(=O)N[C@@H](C)c1ccc(-c2ccnn2C)cc1)c1cc(OCC2(F)CCN(C(=O)OC(C)(C)C)CC2)no1. The highest BCUT2D eigenvalue weighted by molar-refractivity contribution is 5.91. The van der Waals surface area contributed by atoms with Crippen LogP contribution in [0.2, 0.25) is 0 Å². The zero-order valence-corrected chi connectivity index (χ0v) is 29.9. The smallest absolute Gasteiger partial charge is 0.410 e. The normalized spacial score (nSPS) is 20.4. The minimum atomic E-state index is -1.68. The van der Waals surface area contributed by atoms with Gasteiger partial charge in [0.25, 0.3) is 5.88 Å². The van der Waals surface area contributed by atoms with E-state index >= 15 is 4.39 Å². The van der Waals surface area contributed by atoms with Crippen molar-refractivity contribution in [2.45, 2.75) is 96.2 Å². The van der Waals surface area contributed by atoms with Gasteiger partial charge in [0.15, 0.2) is 5.76 Å². The van der Waals surface area contributed by atoms with Crippen LogP contribution in [0.1, 0.15) is 84.1 Å². The Morgan fingerprint density at radius 3 is 2.40 bits per heavy atom. The van der Waals surface area contributed by atoms with Crippen LogP contribution in [-0.4, -0.2) is 97.4 Å². The number of rotatable bonds is 10. The molecule has 2 saturated heterocycles. The van der Waals surface area contributed by atoms with Crippen molar-refractivity contribution < 1.29 is 37.9 Å². The predicted molar refractivity (Wildman–Crippen MR) is 182 cm³/mol. The number of benzene rings is 1. The molecule has 0 saturated carbocycles. The van der Waals surface area contributed by atoms with E-state index in [1.54, 1.807) is 31.6 Å². The first kappa shape index (κ1) is 36.8. The average molecular weight is 697 g/mol. The molecule has 1 aromatic carbocycles. The lowest BCUT2D eigenvalue weighted by Crippen LogP contribution is -2.48. The first-order valence-corrected chi connectivity index (χ1v) is 17.2. The number of ether oxygens (including phenoxy) is 2. The van der Waals surface area contributed by atoms with Crippen LogP contribution in [0, 0.1) is 5.92 Å². The Kier molecular flexibility index (Phi) is 10.9. The number of nitrogens with zero attached hydrogens (tertiary/aromatic N) is 5. The Morgan fingerprint density at radius 2 is 1.80 bits per heavy atom. The van der Waals surface area contributed by atoms with E-state index in [4.69, 9.17) is 14.0 Å². The quantitative estimate of drug-likeness (QED) is 0.305. The number of hydrogen-bond acceptors (Lipinski definition) is 9. The largest absolute Gasteiger partial charge is 0.472 e. The first-order valence-electron chi connectivity index (χ1n) is 17.2. The van der Waals surface area contributed by atoms with Crippen LogP contribution in [0.3, 0.4) is 0 Å². The Labute approximate surface area is 292 Å². The monoisotopic (exact) mass is 696 g/mol. The zero-order chi connectivity index (χ0) is 36.4. The summed E-state index contributed by atoms with van der Waals surface area (Å²) >= 11 is 0. The lowest BCUT2D eigenvalue weighted by Gasteiger charge is -2.36. The van der Waals surface area contributed by atoms with Crippen molar-refractivity contribution >= 4 is 17.9 Å². The molecule has 0 bridgehead atoms. The lowest BCUT2D eigenvalue weighted by molar-refractivity contribution is -0.141. The number of aliphatic hydroxyl groups excluding tert-OH is 1. The second-order valence-electron chi connectivity index (χ2n) is 14.8. The topological polar surface area (TPSA) is 152 Å². The molecule has 3 amide bonds. The van der Waals surface area contributed by atoms with Crippen molar-refractivity contribution in [2.75, 3.05) is 26.2 Å².